The molecular formula is C8H8N4. The summed E-state index contributed by atoms with van der Waals surface area (Å²) in [5.74, 6) is 0. The summed E-state index contributed by atoms with van der Waals surface area (Å²) in [6, 6.07) is 1.91. The summed E-state index contributed by atoms with van der Waals surface area (Å²) in [5, 5.41) is 4.03. The molecule has 0 aliphatic carbocycles. The molecular weight excluding hydrogens is 152 g/mol. The lowest BCUT2D eigenvalue weighted by atomic mass is 10.3. The second-order valence-electron chi connectivity index (χ2n) is 2.50. The molecule has 0 aliphatic heterocycles. The van der Waals surface area contributed by atoms with Crippen LogP contribution in [0.4, 0.5) is 0 Å². The van der Waals surface area contributed by atoms with Gasteiger partial charge in [-0.15, -0.1) is 0 Å². The number of aromatic nitrogens is 4. The number of aryl methyl sites for hydroxylation is 1. The van der Waals surface area contributed by atoms with E-state index in [1.165, 1.54) is 6.33 Å². The van der Waals surface area contributed by atoms with Crippen molar-refractivity contribution in [2.45, 2.75) is 6.92 Å². The fourth-order valence-electron chi connectivity index (χ4n) is 1.06. The first kappa shape index (κ1) is 6.97. The molecule has 0 saturated carbocycles. The van der Waals surface area contributed by atoms with Crippen LogP contribution in [0.15, 0.2) is 31.1 Å². The Kier molecular flexibility index (Phi) is 1.59. The summed E-state index contributed by atoms with van der Waals surface area (Å²) in [5.41, 5.74) is 2.10. The third kappa shape index (κ3) is 1.07. The summed E-state index contributed by atoms with van der Waals surface area (Å²) >= 11 is 0. The smallest absolute Gasteiger partial charge is 0.138 e. The first-order valence-electron chi connectivity index (χ1n) is 3.63. The fourth-order valence-corrected chi connectivity index (χ4v) is 1.06. The molecule has 0 N–H and O–H groups in total. The van der Waals surface area contributed by atoms with Gasteiger partial charge in [0.2, 0.25) is 0 Å². The molecule has 0 spiro atoms. The largest absolute Gasteiger partial charge is 0.264 e. The number of nitrogens with zero attached hydrogens (tertiary/aromatic N) is 4. The highest BCUT2D eigenvalue weighted by molar-refractivity contribution is 5.35. The first-order valence-corrected chi connectivity index (χ1v) is 3.63. The Hall–Kier alpha value is -1.71. The summed E-state index contributed by atoms with van der Waals surface area (Å²) < 4.78 is 1.72. The molecule has 0 fully saturated rings. The third-order valence-corrected chi connectivity index (χ3v) is 1.66. The highest BCUT2D eigenvalue weighted by atomic mass is 15.3. The van der Waals surface area contributed by atoms with Crippen molar-refractivity contribution >= 4 is 0 Å². The number of rotatable bonds is 1. The molecule has 0 radical (unpaired) electrons. The second kappa shape index (κ2) is 2.73. The highest BCUT2D eigenvalue weighted by Crippen LogP contribution is 2.08. The van der Waals surface area contributed by atoms with Crippen molar-refractivity contribution in [3.05, 3.63) is 36.7 Å². The van der Waals surface area contributed by atoms with Gasteiger partial charge in [0.05, 0.1) is 5.69 Å². The van der Waals surface area contributed by atoms with Crippen LogP contribution in [0.25, 0.3) is 5.69 Å². The van der Waals surface area contributed by atoms with Crippen LogP contribution in [0.2, 0.25) is 0 Å². The molecule has 4 nitrogen and oxygen atoms in total. The lowest BCUT2D eigenvalue weighted by Crippen LogP contribution is -1.97. The van der Waals surface area contributed by atoms with Crippen LogP contribution in [0.3, 0.4) is 0 Å². The van der Waals surface area contributed by atoms with Gasteiger partial charge in [0.25, 0.3) is 0 Å². The minimum Gasteiger partial charge on any atom is -0.264 e. The zero-order chi connectivity index (χ0) is 8.39. The lowest BCUT2D eigenvalue weighted by molar-refractivity contribution is 0.867. The minimum absolute atomic E-state index is 1.02. The minimum atomic E-state index is 1.02. The molecule has 12 heavy (non-hydrogen) atoms. The van der Waals surface area contributed by atoms with Crippen LogP contribution < -0.4 is 0 Å². The van der Waals surface area contributed by atoms with Gasteiger partial charge in [-0.1, -0.05) is 0 Å². The van der Waals surface area contributed by atoms with Crippen molar-refractivity contribution in [2.24, 2.45) is 0 Å². The Morgan fingerprint density at radius 1 is 1.33 bits per heavy atom. The van der Waals surface area contributed by atoms with Gasteiger partial charge in [-0.05, 0) is 18.6 Å². The van der Waals surface area contributed by atoms with Gasteiger partial charge in [0.1, 0.15) is 12.7 Å². The van der Waals surface area contributed by atoms with Crippen LogP contribution in [0, 0.1) is 6.92 Å². The Morgan fingerprint density at radius 3 is 2.92 bits per heavy atom. The molecule has 2 heterocycles. The van der Waals surface area contributed by atoms with Crippen LogP contribution in [0.1, 0.15) is 5.56 Å². The normalized spacial score (nSPS) is 10.1. The van der Waals surface area contributed by atoms with Gasteiger partial charge in [0, 0.05) is 12.4 Å². The maximum atomic E-state index is 4.03. The zero-order valence-corrected chi connectivity index (χ0v) is 6.68. The molecule has 2 rings (SSSR count). The summed E-state index contributed by atoms with van der Waals surface area (Å²) in [7, 11) is 0. The SMILES string of the molecule is Cc1cnccc1-n1cncn1. The van der Waals surface area contributed by atoms with Crippen LogP contribution >= 0.6 is 0 Å². The average molecular weight is 160 g/mol. The van der Waals surface area contributed by atoms with Crippen molar-refractivity contribution in [3.63, 3.8) is 0 Å². The van der Waals surface area contributed by atoms with E-state index < -0.39 is 0 Å². The average Bonchev–Trinajstić information content (AvgIpc) is 2.57. The maximum absolute atomic E-state index is 4.03. The Morgan fingerprint density at radius 2 is 2.25 bits per heavy atom. The van der Waals surface area contributed by atoms with Gasteiger partial charge in [-0.25, -0.2) is 9.67 Å². The summed E-state index contributed by atoms with van der Waals surface area (Å²) in [6.45, 7) is 1.99. The monoisotopic (exact) mass is 160 g/mol. The van der Waals surface area contributed by atoms with E-state index in [-0.39, 0.29) is 0 Å². The third-order valence-electron chi connectivity index (χ3n) is 1.66. The van der Waals surface area contributed by atoms with Gasteiger partial charge in [-0.2, -0.15) is 5.10 Å². The van der Waals surface area contributed by atoms with E-state index in [1.54, 1.807) is 23.4 Å². The molecule has 0 bridgehead atoms. The first-order chi connectivity index (χ1) is 5.88. The van der Waals surface area contributed by atoms with Gasteiger partial charge in [0.15, 0.2) is 0 Å². The van der Waals surface area contributed by atoms with Crippen molar-refractivity contribution in [3.8, 4) is 5.69 Å². The topological polar surface area (TPSA) is 43.6 Å². The molecule has 2 aromatic rings. The molecule has 4 heteroatoms. The maximum Gasteiger partial charge on any atom is 0.138 e. The lowest BCUT2D eigenvalue weighted by Gasteiger charge is -2.01. The van der Waals surface area contributed by atoms with E-state index in [0.717, 1.165) is 11.3 Å². The van der Waals surface area contributed by atoms with Gasteiger partial charge < -0.3 is 0 Å². The van der Waals surface area contributed by atoms with Crippen molar-refractivity contribution in [2.75, 3.05) is 0 Å². The zero-order valence-electron chi connectivity index (χ0n) is 6.68. The number of hydrogen-bond donors (Lipinski definition) is 0. The molecule has 0 unspecified atom stereocenters. The molecule has 60 valence electrons. The van der Waals surface area contributed by atoms with Crippen LogP contribution in [-0.2, 0) is 0 Å². The summed E-state index contributed by atoms with van der Waals surface area (Å²) in [4.78, 5) is 7.86. The van der Waals surface area contributed by atoms with Crippen molar-refractivity contribution in [1.29, 1.82) is 0 Å². The van der Waals surface area contributed by atoms with Crippen molar-refractivity contribution in [1.82, 2.24) is 19.7 Å². The van der Waals surface area contributed by atoms with E-state index >= 15 is 0 Å². The fraction of sp³-hybridized carbons (Fsp3) is 0.125. The van der Waals surface area contributed by atoms with E-state index in [2.05, 4.69) is 15.1 Å². The molecule has 0 saturated heterocycles. The summed E-state index contributed by atoms with van der Waals surface area (Å²) in [6.07, 6.45) is 6.73. The second-order valence-corrected chi connectivity index (χ2v) is 2.50. The van der Waals surface area contributed by atoms with Gasteiger partial charge >= 0.3 is 0 Å². The van der Waals surface area contributed by atoms with Crippen LogP contribution in [-0.4, -0.2) is 19.7 Å². The van der Waals surface area contributed by atoms with E-state index in [4.69, 9.17) is 0 Å². The number of hydrogen-bond acceptors (Lipinski definition) is 3. The Labute approximate surface area is 69.9 Å². The predicted octanol–water partition coefficient (Wildman–Crippen LogP) is 0.971. The Bertz CT molecular complexity index is 366. The molecule has 0 aliphatic rings. The van der Waals surface area contributed by atoms with Crippen LogP contribution in [0.5, 0.6) is 0 Å². The highest BCUT2D eigenvalue weighted by Gasteiger charge is 1.98. The molecule has 0 aromatic carbocycles. The predicted molar refractivity (Wildman–Crippen MR) is 43.9 cm³/mol. The van der Waals surface area contributed by atoms with E-state index in [1.807, 2.05) is 13.0 Å². The number of pyridine rings is 1. The molecule has 0 atom stereocenters. The van der Waals surface area contributed by atoms with Gasteiger partial charge in [-0.3, -0.25) is 4.98 Å². The molecule has 0 amide bonds. The standard InChI is InChI=1S/C8H8N4/c1-7-4-9-3-2-8(7)12-6-10-5-11-12/h2-6H,1H3. The quantitative estimate of drug-likeness (QED) is 0.624. The van der Waals surface area contributed by atoms with E-state index in [9.17, 15) is 0 Å². The van der Waals surface area contributed by atoms with E-state index in [0.29, 0.717) is 0 Å². The molecule has 2 aromatic heterocycles. The Balaban J connectivity index is 2.55. The van der Waals surface area contributed by atoms with Crippen molar-refractivity contribution < 1.29 is 0 Å².